The quantitative estimate of drug-likeness (QED) is 0.864. The summed E-state index contributed by atoms with van der Waals surface area (Å²) in [5.41, 5.74) is 3.05. The van der Waals surface area contributed by atoms with Gasteiger partial charge in [-0.3, -0.25) is 9.69 Å². The molecule has 1 unspecified atom stereocenters. The van der Waals surface area contributed by atoms with Crippen molar-refractivity contribution >= 4 is 5.91 Å². The van der Waals surface area contributed by atoms with Gasteiger partial charge >= 0.3 is 0 Å². The van der Waals surface area contributed by atoms with Crippen molar-refractivity contribution < 1.29 is 14.3 Å². The van der Waals surface area contributed by atoms with E-state index in [0.29, 0.717) is 6.61 Å². The summed E-state index contributed by atoms with van der Waals surface area (Å²) in [6, 6.07) is 14.1. The van der Waals surface area contributed by atoms with Crippen molar-refractivity contribution in [1.29, 1.82) is 0 Å². The summed E-state index contributed by atoms with van der Waals surface area (Å²) in [5, 5.41) is 3.35. The molecule has 1 spiro atoms. The number of hydrogen-bond acceptors (Lipinski definition) is 4. The fourth-order valence-electron chi connectivity index (χ4n) is 4.45. The second-order valence-corrected chi connectivity index (χ2v) is 7.77. The Morgan fingerprint density at radius 2 is 2.00 bits per heavy atom. The molecule has 2 aromatic rings. The van der Waals surface area contributed by atoms with Gasteiger partial charge in [-0.25, -0.2) is 0 Å². The van der Waals surface area contributed by atoms with Crippen LogP contribution in [0.2, 0.25) is 0 Å². The molecule has 148 valence electrons. The summed E-state index contributed by atoms with van der Waals surface area (Å²) in [6.45, 7) is 5.28. The van der Waals surface area contributed by atoms with E-state index in [1.165, 1.54) is 5.56 Å². The molecular weight excluding hydrogens is 352 g/mol. The molecule has 1 saturated heterocycles. The van der Waals surface area contributed by atoms with Crippen LogP contribution in [0.5, 0.6) is 11.5 Å². The molecule has 2 aliphatic rings. The minimum absolute atomic E-state index is 0.0673. The second-order valence-electron chi connectivity index (χ2n) is 7.77. The molecule has 5 heteroatoms. The Labute approximate surface area is 166 Å². The van der Waals surface area contributed by atoms with Gasteiger partial charge in [-0.2, -0.15) is 0 Å². The second kappa shape index (κ2) is 7.84. The first kappa shape index (κ1) is 18.8. The van der Waals surface area contributed by atoms with Crippen LogP contribution in [0.15, 0.2) is 42.5 Å². The molecule has 28 heavy (non-hydrogen) atoms. The maximum Gasteiger partial charge on any atom is 0.252 e. The minimum atomic E-state index is -0.133. The van der Waals surface area contributed by atoms with Crippen LogP contribution >= 0.6 is 0 Å². The van der Waals surface area contributed by atoms with Crippen LogP contribution in [-0.2, 0) is 13.0 Å². The van der Waals surface area contributed by atoms with Gasteiger partial charge in [0.15, 0.2) is 11.5 Å². The SMILES string of the molecule is CCOc1ccc(CN2CCC3(CCc4ccccc4C(=O)N3)C2)cc1OC. The molecule has 0 aliphatic carbocycles. The van der Waals surface area contributed by atoms with Crippen LogP contribution in [-0.4, -0.2) is 43.2 Å². The molecule has 0 bridgehead atoms. The number of rotatable bonds is 5. The van der Waals surface area contributed by atoms with E-state index in [1.54, 1.807) is 7.11 Å². The lowest BCUT2D eigenvalue weighted by atomic mass is 9.91. The smallest absolute Gasteiger partial charge is 0.252 e. The number of benzene rings is 2. The Balaban J connectivity index is 1.45. The Morgan fingerprint density at radius 1 is 1.14 bits per heavy atom. The molecule has 4 rings (SSSR count). The van der Waals surface area contributed by atoms with Gasteiger partial charge in [0.05, 0.1) is 19.3 Å². The maximum absolute atomic E-state index is 12.8. The Bertz CT molecular complexity index is 867. The van der Waals surface area contributed by atoms with Crippen molar-refractivity contribution in [2.75, 3.05) is 26.8 Å². The fourth-order valence-corrected chi connectivity index (χ4v) is 4.45. The lowest BCUT2D eigenvalue weighted by Gasteiger charge is -2.29. The fraction of sp³-hybridized carbons (Fsp3) is 0.435. The number of nitrogens with one attached hydrogen (secondary N) is 1. The number of ether oxygens (including phenoxy) is 2. The van der Waals surface area contributed by atoms with Gasteiger partial charge in [-0.05, 0) is 55.5 Å². The van der Waals surface area contributed by atoms with Gasteiger partial charge < -0.3 is 14.8 Å². The zero-order chi connectivity index (χ0) is 19.6. The van der Waals surface area contributed by atoms with E-state index < -0.39 is 0 Å². The number of nitrogens with zero attached hydrogens (tertiary/aromatic N) is 1. The topological polar surface area (TPSA) is 50.8 Å². The predicted octanol–water partition coefficient (Wildman–Crippen LogP) is 3.41. The third kappa shape index (κ3) is 3.72. The predicted molar refractivity (Wildman–Crippen MR) is 109 cm³/mol. The number of amides is 1. The summed E-state index contributed by atoms with van der Waals surface area (Å²) in [6.07, 6.45) is 2.92. The van der Waals surface area contributed by atoms with Gasteiger partial charge in [0.1, 0.15) is 0 Å². The Morgan fingerprint density at radius 3 is 2.82 bits per heavy atom. The normalized spacial score (nSPS) is 21.9. The van der Waals surface area contributed by atoms with E-state index in [1.807, 2.05) is 31.2 Å². The monoisotopic (exact) mass is 380 g/mol. The third-order valence-corrected chi connectivity index (χ3v) is 5.88. The Kier molecular flexibility index (Phi) is 5.27. The van der Waals surface area contributed by atoms with Crippen LogP contribution in [0.25, 0.3) is 0 Å². The van der Waals surface area contributed by atoms with Crippen molar-refractivity contribution in [2.45, 2.75) is 38.3 Å². The van der Waals surface area contributed by atoms with Crippen LogP contribution in [0, 0.1) is 0 Å². The number of methoxy groups -OCH3 is 1. The molecule has 0 radical (unpaired) electrons. The molecule has 1 atom stereocenters. The summed E-state index contributed by atoms with van der Waals surface area (Å²) < 4.78 is 11.1. The number of fused-ring (bicyclic) bond motifs is 1. The van der Waals surface area contributed by atoms with Crippen molar-refractivity contribution in [2.24, 2.45) is 0 Å². The molecule has 2 aliphatic heterocycles. The average molecular weight is 380 g/mol. The van der Waals surface area contributed by atoms with E-state index in [-0.39, 0.29) is 11.4 Å². The number of carbonyl (C=O) groups is 1. The maximum atomic E-state index is 12.8. The molecule has 2 aromatic carbocycles. The largest absolute Gasteiger partial charge is 0.493 e. The van der Waals surface area contributed by atoms with Crippen molar-refractivity contribution in [3.63, 3.8) is 0 Å². The third-order valence-electron chi connectivity index (χ3n) is 5.88. The molecule has 1 fully saturated rings. The number of carbonyl (C=O) groups excluding carboxylic acids is 1. The molecule has 1 N–H and O–H groups in total. The first-order chi connectivity index (χ1) is 13.6. The van der Waals surface area contributed by atoms with E-state index >= 15 is 0 Å². The first-order valence-electron chi connectivity index (χ1n) is 10.0. The number of hydrogen-bond donors (Lipinski definition) is 1. The summed E-state index contributed by atoms with van der Waals surface area (Å²) >= 11 is 0. The van der Waals surface area contributed by atoms with E-state index in [4.69, 9.17) is 9.47 Å². The van der Waals surface area contributed by atoms with Gasteiger partial charge in [-0.15, -0.1) is 0 Å². The first-order valence-corrected chi connectivity index (χ1v) is 10.0. The lowest BCUT2D eigenvalue weighted by molar-refractivity contribution is 0.0902. The summed E-state index contributed by atoms with van der Waals surface area (Å²) in [5.74, 6) is 1.62. The molecule has 2 heterocycles. The van der Waals surface area contributed by atoms with Crippen LogP contribution < -0.4 is 14.8 Å². The highest BCUT2D eigenvalue weighted by atomic mass is 16.5. The van der Waals surface area contributed by atoms with Gasteiger partial charge in [-0.1, -0.05) is 24.3 Å². The van der Waals surface area contributed by atoms with Crippen LogP contribution in [0.1, 0.15) is 41.3 Å². The van der Waals surface area contributed by atoms with E-state index in [9.17, 15) is 4.79 Å². The Hall–Kier alpha value is -2.53. The summed E-state index contributed by atoms with van der Waals surface area (Å²) in [7, 11) is 1.67. The molecule has 0 saturated carbocycles. The standard InChI is InChI=1S/C23H28N2O3/c1-3-28-20-9-8-17(14-21(20)27-2)15-25-13-12-23(16-25)11-10-18-6-4-5-7-19(18)22(26)24-23/h4-9,14H,3,10-13,15-16H2,1-2H3,(H,24,26). The molecular formula is C23H28N2O3. The van der Waals surface area contributed by atoms with Crippen molar-refractivity contribution in [3.8, 4) is 11.5 Å². The average Bonchev–Trinajstić information content (AvgIpc) is 3.03. The number of aryl methyl sites for hydroxylation is 1. The van der Waals surface area contributed by atoms with E-state index in [2.05, 4.69) is 28.4 Å². The van der Waals surface area contributed by atoms with Gasteiger partial charge in [0.25, 0.3) is 5.91 Å². The highest BCUT2D eigenvalue weighted by Gasteiger charge is 2.41. The number of likely N-dealkylation sites (tertiary alicyclic amines) is 1. The minimum Gasteiger partial charge on any atom is -0.493 e. The van der Waals surface area contributed by atoms with Gasteiger partial charge in [0.2, 0.25) is 0 Å². The van der Waals surface area contributed by atoms with Crippen molar-refractivity contribution in [1.82, 2.24) is 10.2 Å². The van der Waals surface area contributed by atoms with Crippen LogP contribution in [0.4, 0.5) is 0 Å². The lowest BCUT2D eigenvalue weighted by Crippen LogP contribution is -2.49. The van der Waals surface area contributed by atoms with E-state index in [0.717, 1.165) is 61.5 Å². The van der Waals surface area contributed by atoms with Crippen molar-refractivity contribution in [3.05, 3.63) is 59.2 Å². The molecule has 0 aromatic heterocycles. The van der Waals surface area contributed by atoms with Gasteiger partial charge in [0, 0.05) is 25.2 Å². The highest BCUT2D eigenvalue weighted by Crippen LogP contribution is 2.33. The zero-order valence-corrected chi connectivity index (χ0v) is 16.7. The molecule has 1 amide bonds. The highest BCUT2D eigenvalue weighted by molar-refractivity contribution is 5.96. The zero-order valence-electron chi connectivity index (χ0n) is 16.7. The molecule has 5 nitrogen and oxygen atoms in total. The van der Waals surface area contributed by atoms with Crippen LogP contribution in [0.3, 0.4) is 0 Å². The summed E-state index contributed by atoms with van der Waals surface area (Å²) in [4.78, 5) is 15.2.